The largest absolute Gasteiger partial charge is 0.468 e. The van der Waals surface area contributed by atoms with Crippen LogP contribution in [0.3, 0.4) is 0 Å². The molecular weight excluding hydrogens is 260 g/mol. The van der Waals surface area contributed by atoms with E-state index in [1.54, 1.807) is 18.0 Å². The molecule has 1 rings (SSSR count). The SMILES string of the molecule is COC(=O)CN(C)c1ccc(Br)cc1N. The number of esters is 1. The van der Waals surface area contributed by atoms with Crippen molar-refractivity contribution < 1.29 is 9.53 Å². The number of carbonyl (C=O) groups is 1. The average Bonchev–Trinajstić information content (AvgIpc) is 2.17. The molecule has 15 heavy (non-hydrogen) atoms. The number of hydrogen-bond acceptors (Lipinski definition) is 4. The van der Waals surface area contributed by atoms with Crippen LogP contribution in [0.25, 0.3) is 0 Å². The Morgan fingerprint density at radius 1 is 1.60 bits per heavy atom. The number of halogens is 1. The number of nitrogen functional groups attached to an aromatic ring is 1. The topological polar surface area (TPSA) is 55.6 Å². The normalized spacial score (nSPS) is 9.80. The van der Waals surface area contributed by atoms with Crippen molar-refractivity contribution in [3.63, 3.8) is 0 Å². The summed E-state index contributed by atoms with van der Waals surface area (Å²) in [5, 5.41) is 0. The molecule has 2 N–H and O–H groups in total. The van der Waals surface area contributed by atoms with E-state index in [4.69, 9.17) is 5.73 Å². The maximum absolute atomic E-state index is 11.1. The van der Waals surface area contributed by atoms with Gasteiger partial charge in [-0.3, -0.25) is 4.79 Å². The molecule has 0 amide bonds. The fourth-order valence-electron chi connectivity index (χ4n) is 1.22. The van der Waals surface area contributed by atoms with E-state index in [2.05, 4.69) is 20.7 Å². The molecule has 0 atom stereocenters. The van der Waals surface area contributed by atoms with Crippen molar-refractivity contribution in [3.05, 3.63) is 22.7 Å². The molecule has 4 nitrogen and oxygen atoms in total. The molecule has 0 unspecified atom stereocenters. The van der Waals surface area contributed by atoms with Gasteiger partial charge in [-0.05, 0) is 18.2 Å². The predicted molar refractivity (Wildman–Crippen MR) is 63.8 cm³/mol. The highest BCUT2D eigenvalue weighted by atomic mass is 79.9. The van der Waals surface area contributed by atoms with Crippen molar-refractivity contribution >= 4 is 33.3 Å². The zero-order valence-corrected chi connectivity index (χ0v) is 10.2. The van der Waals surface area contributed by atoms with E-state index in [9.17, 15) is 4.79 Å². The van der Waals surface area contributed by atoms with Crippen LogP contribution >= 0.6 is 15.9 Å². The van der Waals surface area contributed by atoms with Crippen LogP contribution in [-0.4, -0.2) is 26.7 Å². The molecule has 0 radical (unpaired) electrons. The quantitative estimate of drug-likeness (QED) is 0.672. The fourth-order valence-corrected chi connectivity index (χ4v) is 1.60. The van der Waals surface area contributed by atoms with Gasteiger partial charge in [-0.15, -0.1) is 0 Å². The summed E-state index contributed by atoms with van der Waals surface area (Å²) in [6.07, 6.45) is 0. The lowest BCUT2D eigenvalue weighted by molar-refractivity contribution is -0.138. The Kier molecular flexibility index (Phi) is 3.96. The van der Waals surface area contributed by atoms with Gasteiger partial charge in [-0.2, -0.15) is 0 Å². The second-order valence-corrected chi connectivity index (χ2v) is 4.05. The molecule has 0 aliphatic carbocycles. The molecule has 0 aliphatic heterocycles. The Labute approximate surface area is 97.1 Å². The number of likely N-dealkylation sites (N-methyl/N-ethyl adjacent to an activating group) is 1. The van der Waals surface area contributed by atoms with E-state index in [-0.39, 0.29) is 12.5 Å². The number of methoxy groups -OCH3 is 1. The van der Waals surface area contributed by atoms with Crippen LogP contribution in [0.15, 0.2) is 22.7 Å². The van der Waals surface area contributed by atoms with Gasteiger partial charge in [0.1, 0.15) is 6.54 Å². The van der Waals surface area contributed by atoms with Gasteiger partial charge in [0.05, 0.1) is 18.5 Å². The Morgan fingerprint density at radius 2 is 2.27 bits per heavy atom. The Bertz CT molecular complexity index is 368. The number of anilines is 2. The molecule has 0 saturated heterocycles. The maximum Gasteiger partial charge on any atom is 0.325 e. The van der Waals surface area contributed by atoms with Crippen molar-refractivity contribution in [1.82, 2.24) is 0 Å². The Balaban J connectivity index is 2.82. The highest BCUT2D eigenvalue weighted by Gasteiger charge is 2.09. The zero-order chi connectivity index (χ0) is 11.4. The first kappa shape index (κ1) is 11.8. The van der Waals surface area contributed by atoms with E-state index in [1.165, 1.54) is 7.11 Å². The van der Waals surface area contributed by atoms with Crippen molar-refractivity contribution in [2.24, 2.45) is 0 Å². The summed E-state index contributed by atoms with van der Waals surface area (Å²) in [4.78, 5) is 12.8. The molecule has 0 aromatic heterocycles. The molecule has 1 aromatic rings. The average molecular weight is 273 g/mol. The third kappa shape index (κ3) is 3.13. The summed E-state index contributed by atoms with van der Waals surface area (Å²) < 4.78 is 5.49. The van der Waals surface area contributed by atoms with Crippen LogP contribution in [-0.2, 0) is 9.53 Å². The lowest BCUT2D eigenvalue weighted by atomic mass is 10.2. The molecule has 82 valence electrons. The van der Waals surface area contributed by atoms with Crippen molar-refractivity contribution in [2.45, 2.75) is 0 Å². The first-order valence-corrected chi connectivity index (χ1v) is 5.17. The van der Waals surface area contributed by atoms with Gasteiger partial charge in [0, 0.05) is 11.5 Å². The lowest BCUT2D eigenvalue weighted by Crippen LogP contribution is -2.26. The molecule has 1 aromatic carbocycles. The van der Waals surface area contributed by atoms with Gasteiger partial charge in [0.2, 0.25) is 0 Å². The molecule has 5 heteroatoms. The lowest BCUT2D eigenvalue weighted by Gasteiger charge is -2.19. The summed E-state index contributed by atoms with van der Waals surface area (Å²) in [5.74, 6) is -0.292. The van der Waals surface area contributed by atoms with Gasteiger partial charge in [0.15, 0.2) is 0 Å². The highest BCUT2D eigenvalue weighted by Crippen LogP contribution is 2.25. The predicted octanol–water partition coefficient (Wildman–Crippen LogP) is 1.64. The number of hydrogen-bond donors (Lipinski definition) is 1. The molecule has 0 fully saturated rings. The van der Waals surface area contributed by atoms with Crippen molar-refractivity contribution in [3.8, 4) is 0 Å². The monoisotopic (exact) mass is 272 g/mol. The highest BCUT2D eigenvalue weighted by molar-refractivity contribution is 9.10. The number of ether oxygens (including phenoxy) is 1. The first-order chi connectivity index (χ1) is 7.04. The van der Waals surface area contributed by atoms with E-state index in [0.717, 1.165) is 10.2 Å². The Hall–Kier alpha value is -1.23. The second-order valence-electron chi connectivity index (χ2n) is 3.14. The van der Waals surface area contributed by atoms with Gasteiger partial charge >= 0.3 is 5.97 Å². The van der Waals surface area contributed by atoms with E-state index in [0.29, 0.717) is 5.69 Å². The molecule has 0 aliphatic rings. The molecule has 0 saturated carbocycles. The smallest absolute Gasteiger partial charge is 0.325 e. The van der Waals surface area contributed by atoms with Crippen molar-refractivity contribution in [2.75, 3.05) is 31.3 Å². The van der Waals surface area contributed by atoms with E-state index >= 15 is 0 Å². The molecule has 0 bridgehead atoms. The minimum Gasteiger partial charge on any atom is -0.468 e. The molecule has 0 heterocycles. The van der Waals surface area contributed by atoms with Gasteiger partial charge in [0.25, 0.3) is 0 Å². The number of benzene rings is 1. The zero-order valence-electron chi connectivity index (χ0n) is 8.66. The number of nitrogens with zero attached hydrogens (tertiary/aromatic N) is 1. The summed E-state index contributed by atoms with van der Waals surface area (Å²) in [6, 6.07) is 5.52. The van der Waals surface area contributed by atoms with Crippen molar-refractivity contribution in [1.29, 1.82) is 0 Å². The van der Waals surface area contributed by atoms with Gasteiger partial charge in [-0.1, -0.05) is 15.9 Å². The standard InChI is InChI=1S/C10H13BrN2O2/c1-13(6-10(14)15-2)9-4-3-7(11)5-8(9)12/h3-5H,6,12H2,1-2H3. The van der Waals surface area contributed by atoms with Gasteiger partial charge < -0.3 is 15.4 Å². The van der Waals surface area contributed by atoms with E-state index in [1.807, 2.05) is 12.1 Å². The summed E-state index contributed by atoms with van der Waals surface area (Å²) >= 11 is 3.32. The summed E-state index contributed by atoms with van der Waals surface area (Å²) in [6.45, 7) is 0.183. The number of nitrogens with two attached hydrogens (primary N) is 1. The van der Waals surface area contributed by atoms with Crippen LogP contribution in [0.4, 0.5) is 11.4 Å². The minimum absolute atomic E-state index is 0.183. The van der Waals surface area contributed by atoms with Crippen LogP contribution in [0.2, 0.25) is 0 Å². The third-order valence-electron chi connectivity index (χ3n) is 1.99. The van der Waals surface area contributed by atoms with Crippen LogP contribution in [0.5, 0.6) is 0 Å². The number of rotatable bonds is 3. The van der Waals surface area contributed by atoms with Crippen LogP contribution in [0, 0.1) is 0 Å². The number of carbonyl (C=O) groups excluding carboxylic acids is 1. The molecule has 0 spiro atoms. The second kappa shape index (κ2) is 5.02. The van der Waals surface area contributed by atoms with Crippen LogP contribution < -0.4 is 10.6 Å². The van der Waals surface area contributed by atoms with Gasteiger partial charge in [-0.25, -0.2) is 0 Å². The summed E-state index contributed by atoms with van der Waals surface area (Å²) in [7, 11) is 3.15. The van der Waals surface area contributed by atoms with E-state index < -0.39 is 0 Å². The first-order valence-electron chi connectivity index (χ1n) is 4.37. The molecular formula is C10H13BrN2O2. The Morgan fingerprint density at radius 3 is 2.80 bits per heavy atom. The maximum atomic E-state index is 11.1. The van der Waals surface area contributed by atoms with Crippen LogP contribution in [0.1, 0.15) is 0 Å². The summed E-state index contributed by atoms with van der Waals surface area (Å²) in [5.41, 5.74) is 7.25. The third-order valence-corrected chi connectivity index (χ3v) is 2.49. The minimum atomic E-state index is -0.292. The fraction of sp³-hybridized carbons (Fsp3) is 0.300.